The molecule has 4 heterocycles. The average Bonchev–Trinajstić information content (AvgIpc) is 3.25. The van der Waals surface area contributed by atoms with Crippen molar-refractivity contribution in [1.29, 1.82) is 0 Å². The van der Waals surface area contributed by atoms with Crippen molar-refractivity contribution < 1.29 is 23.8 Å². The van der Waals surface area contributed by atoms with E-state index in [-0.39, 0.29) is 6.61 Å². The largest absolute Gasteiger partial charge is 0.491 e. The number of nitrogens with zero attached hydrogens (tertiary/aromatic N) is 4. The van der Waals surface area contributed by atoms with Crippen LogP contribution in [0.25, 0.3) is 22.6 Å². The second-order valence-corrected chi connectivity index (χ2v) is 10.9. The third-order valence-electron chi connectivity index (χ3n) is 7.65. The smallest absolute Gasteiger partial charge is 0.161 e. The van der Waals surface area contributed by atoms with Gasteiger partial charge in [0, 0.05) is 30.4 Å². The van der Waals surface area contributed by atoms with Crippen LogP contribution in [0.1, 0.15) is 29.1 Å². The first kappa shape index (κ1) is 28.9. The highest BCUT2D eigenvalue weighted by Gasteiger charge is 2.33. The summed E-state index contributed by atoms with van der Waals surface area (Å²) in [6.45, 7) is 10.4. The summed E-state index contributed by atoms with van der Waals surface area (Å²) in [5, 5.41) is 17.7. The number of aliphatic hydroxyl groups is 1. The summed E-state index contributed by atoms with van der Waals surface area (Å²) in [4.78, 5) is 12.6. The topological polar surface area (TPSA) is 115 Å². The van der Waals surface area contributed by atoms with E-state index in [9.17, 15) is 5.11 Å². The lowest BCUT2D eigenvalue weighted by Gasteiger charge is -2.44. The van der Waals surface area contributed by atoms with Crippen molar-refractivity contribution in [3.8, 4) is 28.4 Å². The van der Waals surface area contributed by atoms with Crippen LogP contribution in [-0.4, -0.2) is 96.5 Å². The van der Waals surface area contributed by atoms with Gasteiger partial charge >= 0.3 is 0 Å². The minimum atomic E-state index is -0.632. The van der Waals surface area contributed by atoms with Crippen LogP contribution in [0.2, 0.25) is 5.02 Å². The molecule has 0 spiro atoms. The number of aromatic nitrogens is 3. The van der Waals surface area contributed by atoms with Crippen LogP contribution in [-0.2, 0) is 15.9 Å². The zero-order valence-electron chi connectivity index (χ0n) is 23.6. The average molecular weight is 572 g/mol. The molecule has 2 N–H and O–H groups in total. The Morgan fingerprint density at radius 3 is 2.70 bits per heavy atom. The molecule has 0 amide bonds. The van der Waals surface area contributed by atoms with Crippen LogP contribution < -0.4 is 10.1 Å². The molecule has 2 aliphatic heterocycles. The molecule has 5 rings (SSSR count). The van der Waals surface area contributed by atoms with Crippen molar-refractivity contribution in [2.45, 2.75) is 51.8 Å². The summed E-state index contributed by atoms with van der Waals surface area (Å²) in [6, 6.07) is 6.14. The van der Waals surface area contributed by atoms with Crippen molar-refractivity contribution in [3.63, 3.8) is 0 Å². The van der Waals surface area contributed by atoms with E-state index in [4.69, 9.17) is 40.3 Å². The van der Waals surface area contributed by atoms with Gasteiger partial charge in [-0.15, -0.1) is 0 Å². The van der Waals surface area contributed by atoms with E-state index < -0.39 is 6.10 Å². The van der Waals surface area contributed by atoms with Gasteiger partial charge in [-0.3, -0.25) is 4.90 Å². The molecule has 0 bridgehead atoms. The van der Waals surface area contributed by atoms with Gasteiger partial charge < -0.3 is 29.2 Å². The standard InChI is InChI=1S/C29H38ClN5O5/c1-17-26(8-5-20-13-37-10-9-35(20)21-14-38-15-21)32-29(33-28(17)27-18(2)34-40-19(27)3)24-11-23(6-7-25(24)30)39-16-22(36)12-31-4/h6-7,11,20-22,31,36H,5,8-10,12-16H2,1-4H3/t20-,22?/m0/s1. The zero-order valence-corrected chi connectivity index (χ0v) is 24.3. The fourth-order valence-electron chi connectivity index (χ4n) is 5.36. The predicted molar refractivity (Wildman–Crippen MR) is 152 cm³/mol. The molecular formula is C29H38ClN5O5. The van der Waals surface area contributed by atoms with Crippen molar-refractivity contribution in [2.75, 3.05) is 53.2 Å². The van der Waals surface area contributed by atoms with Gasteiger partial charge in [0.25, 0.3) is 0 Å². The van der Waals surface area contributed by atoms with Crippen molar-refractivity contribution in [2.24, 2.45) is 0 Å². The maximum atomic E-state index is 10.1. The summed E-state index contributed by atoms with van der Waals surface area (Å²) in [5.74, 6) is 1.79. The van der Waals surface area contributed by atoms with Gasteiger partial charge in [-0.05, 0) is 64.4 Å². The molecule has 2 aliphatic rings. The number of aryl methyl sites for hydroxylation is 3. The molecule has 11 heteroatoms. The Hall–Kier alpha value is -2.60. The van der Waals surface area contributed by atoms with Gasteiger partial charge in [-0.1, -0.05) is 16.8 Å². The summed E-state index contributed by atoms with van der Waals surface area (Å²) >= 11 is 6.69. The van der Waals surface area contributed by atoms with Crippen LogP contribution in [0.4, 0.5) is 0 Å². The first-order valence-corrected chi connectivity index (χ1v) is 14.2. The Morgan fingerprint density at radius 1 is 1.18 bits per heavy atom. The van der Waals surface area contributed by atoms with Gasteiger partial charge in [0.2, 0.25) is 0 Å². The minimum absolute atomic E-state index is 0.151. The number of aliphatic hydroxyl groups excluding tert-OH is 1. The van der Waals surface area contributed by atoms with Gasteiger partial charge in [0.05, 0.1) is 54.4 Å². The Bertz CT molecular complexity index is 1290. The fraction of sp³-hybridized carbons (Fsp3) is 0.552. The normalized spacial score (nSPS) is 19.0. The highest BCUT2D eigenvalue weighted by atomic mass is 35.5. The third kappa shape index (κ3) is 6.32. The van der Waals surface area contributed by atoms with E-state index in [1.165, 1.54) is 0 Å². The number of halogens is 1. The Morgan fingerprint density at radius 2 is 2.00 bits per heavy atom. The van der Waals surface area contributed by atoms with E-state index in [1.54, 1.807) is 19.2 Å². The molecule has 3 aromatic rings. The minimum Gasteiger partial charge on any atom is -0.491 e. The quantitative estimate of drug-likeness (QED) is 0.355. The highest BCUT2D eigenvalue weighted by molar-refractivity contribution is 6.33. The Kier molecular flexibility index (Phi) is 9.34. The molecule has 2 fully saturated rings. The lowest BCUT2D eigenvalue weighted by Crippen LogP contribution is -2.57. The number of hydrogen-bond donors (Lipinski definition) is 2. The first-order chi connectivity index (χ1) is 19.4. The molecule has 0 saturated carbocycles. The number of nitrogens with one attached hydrogen (secondary N) is 1. The summed E-state index contributed by atoms with van der Waals surface area (Å²) < 4.78 is 22.7. The van der Waals surface area contributed by atoms with Gasteiger partial charge in [-0.2, -0.15) is 0 Å². The van der Waals surface area contributed by atoms with Crippen LogP contribution in [0.5, 0.6) is 5.75 Å². The number of ether oxygens (including phenoxy) is 3. The molecule has 0 radical (unpaired) electrons. The number of morpholine rings is 1. The van der Waals surface area contributed by atoms with Crippen molar-refractivity contribution in [1.82, 2.24) is 25.3 Å². The van der Waals surface area contributed by atoms with Crippen LogP contribution in [0.15, 0.2) is 22.7 Å². The van der Waals surface area contributed by atoms with E-state index in [0.717, 1.165) is 67.4 Å². The molecule has 1 aromatic carbocycles. The molecule has 40 heavy (non-hydrogen) atoms. The molecule has 2 saturated heterocycles. The molecule has 1 unspecified atom stereocenters. The van der Waals surface area contributed by atoms with Gasteiger partial charge in [0.1, 0.15) is 24.2 Å². The Balaban J connectivity index is 1.48. The first-order valence-electron chi connectivity index (χ1n) is 13.8. The molecule has 2 atom stereocenters. The van der Waals surface area contributed by atoms with Crippen molar-refractivity contribution in [3.05, 3.63) is 45.9 Å². The van der Waals surface area contributed by atoms with Crippen LogP contribution >= 0.6 is 11.6 Å². The lowest BCUT2D eigenvalue weighted by molar-refractivity contribution is -0.118. The SMILES string of the molecule is CNCC(O)COc1ccc(Cl)c(-c2nc(CC[C@H]3COCCN3C3COC3)c(C)c(-c3c(C)noc3C)n2)c1. The Labute approximate surface area is 240 Å². The summed E-state index contributed by atoms with van der Waals surface area (Å²) in [6.07, 6.45) is 1.02. The molecular weight excluding hydrogens is 534 g/mol. The fourth-order valence-corrected chi connectivity index (χ4v) is 5.56. The third-order valence-corrected chi connectivity index (χ3v) is 7.98. The number of likely N-dealkylation sites (N-methyl/N-ethyl adjacent to an activating group) is 1. The second-order valence-electron chi connectivity index (χ2n) is 10.5. The predicted octanol–water partition coefficient (Wildman–Crippen LogP) is 3.37. The zero-order chi connectivity index (χ0) is 28.2. The van der Waals surface area contributed by atoms with E-state index in [1.807, 2.05) is 19.9 Å². The van der Waals surface area contributed by atoms with Crippen molar-refractivity contribution >= 4 is 11.6 Å². The lowest BCUT2D eigenvalue weighted by atomic mass is 9.98. The number of benzene rings is 1. The van der Waals surface area contributed by atoms with E-state index >= 15 is 0 Å². The number of hydrogen-bond acceptors (Lipinski definition) is 10. The monoisotopic (exact) mass is 571 g/mol. The summed E-state index contributed by atoms with van der Waals surface area (Å²) in [7, 11) is 1.78. The van der Waals surface area contributed by atoms with Crippen LogP contribution in [0.3, 0.4) is 0 Å². The molecule has 2 aromatic heterocycles. The molecule has 10 nitrogen and oxygen atoms in total. The summed E-state index contributed by atoms with van der Waals surface area (Å²) in [5.41, 5.74) is 5.03. The van der Waals surface area contributed by atoms with Gasteiger partial charge in [-0.25, -0.2) is 9.97 Å². The molecule has 216 valence electrons. The van der Waals surface area contributed by atoms with E-state index in [0.29, 0.717) is 53.2 Å². The van der Waals surface area contributed by atoms with Crippen LogP contribution in [0, 0.1) is 20.8 Å². The second kappa shape index (κ2) is 12.9. The van der Waals surface area contributed by atoms with E-state index in [2.05, 4.69) is 22.3 Å². The molecule has 0 aliphatic carbocycles. The maximum Gasteiger partial charge on any atom is 0.161 e. The van der Waals surface area contributed by atoms with Gasteiger partial charge in [0.15, 0.2) is 5.82 Å². The number of rotatable bonds is 11. The highest BCUT2D eigenvalue weighted by Crippen LogP contribution is 2.35. The maximum absolute atomic E-state index is 10.1.